The Morgan fingerprint density at radius 2 is 2.06 bits per heavy atom. The average Bonchev–Trinajstić information content (AvgIpc) is 2.71. The van der Waals surface area contributed by atoms with Crippen LogP contribution >= 0.6 is 0 Å². The van der Waals surface area contributed by atoms with Gasteiger partial charge in [-0.25, -0.2) is 13.9 Å². The Kier molecular flexibility index (Phi) is 2.86. The minimum Gasteiger partial charge on any atom is -0.465 e. The number of carbonyl (C=O) groups is 1. The molecule has 0 amide bonds. The van der Waals surface area contributed by atoms with Gasteiger partial charge in [-0.05, 0) is 12.1 Å². The maximum absolute atomic E-state index is 13.8. The van der Waals surface area contributed by atoms with E-state index in [1.165, 1.54) is 24.3 Å². The van der Waals surface area contributed by atoms with E-state index in [2.05, 4.69) is 9.84 Å². The number of esters is 1. The van der Waals surface area contributed by atoms with E-state index >= 15 is 0 Å². The summed E-state index contributed by atoms with van der Waals surface area (Å²) in [5.74, 6) is -2.45. The van der Waals surface area contributed by atoms with Gasteiger partial charge in [-0.2, -0.15) is 9.49 Å². The molecule has 6 heteroatoms. The molecule has 1 heterocycles. The first-order valence-electron chi connectivity index (χ1n) is 4.72. The van der Waals surface area contributed by atoms with Crippen LogP contribution < -0.4 is 0 Å². The number of hydrogen-bond acceptors (Lipinski definition) is 3. The predicted octanol–water partition coefficient (Wildman–Crippen LogP) is 1.94. The van der Waals surface area contributed by atoms with Crippen LogP contribution in [0.15, 0.2) is 30.5 Å². The fourth-order valence-electron chi connectivity index (χ4n) is 1.37. The molecule has 2 aromatic rings. The lowest BCUT2D eigenvalue weighted by Gasteiger charge is -2.03. The Morgan fingerprint density at radius 1 is 1.35 bits per heavy atom. The Hall–Kier alpha value is -2.24. The molecule has 0 fully saturated rings. The van der Waals surface area contributed by atoms with Crippen LogP contribution in [0.1, 0.15) is 10.4 Å². The highest BCUT2D eigenvalue weighted by atomic mass is 19.1. The van der Waals surface area contributed by atoms with Crippen LogP contribution in [0.5, 0.6) is 0 Å². The van der Waals surface area contributed by atoms with E-state index in [4.69, 9.17) is 0 Å². The van der Waals surface area contributed by atoms with Gasteiger partial charge in [-0.3, -0.25) is 0 Å². The number of benzene rings is 1. The van der Waals surface area contributed by atoms with Crippen molar-refractivity contribution in [3.05, 3.63) is 47.8 Å². The first kappa shape index (κ1) is 11.3. The molecule has 1 aromatic heterocycles. The maximum Gasteiger partial charge on any atom is 0.344 e. The third-order valence-corrected chi connectivity index (χ3v) is 2.20. The normalized spacial score (nSPS) is 10.3. The van der Waals surface area contributed by atoms with Gasteiger partial charge in [0.1, 0.15) is 17.1 Å². The van der Waals surface area contributed by atoms with E-state index in [1.807, 2.05) is 0 Å². The number of aromatic nitrogens is 2. The molecule has 0 N–H and O–H groups in total. The van der Waals surface area contributed by atoms with Gasteiger partial charge >= 0.3 is 5.97 Å². The van der Waals surface area contributed by atoms with E-state index in [9.17, 15) is 13.6 Å². The summed E-state index contributed by atoms with van der Waals surface area (Å²) in [4.78, 5) is 11.2. The second kappa shape index (κ2) is 4.32. The lowest BCUT2D eigenvalue weighted by atomic mass is 10.3. The molecule has 0 saturated carbocycles. The lowest BCUT2D eigenvalue weighted by Crippen LogP contribution is -2.06. The van der Waals surface area contributed by atoms with Crippen molar-refractivity contribution in [1.82, 2.24) is 9.78 Å². The standard InChI is InChI=1S/C11H8F2N2O2/c1-17-11(16)7-6-14-15(10(7)13)9-5-3-2-4-8(9)12/h2-6H,1H3. The highest BCUT2D eigenvalue weighted by molar-refractivity contribution is 5.89. The summed E-state index contributed by atoms with van der Waals surface area (Å²) in [6.07, 6.45) is 0.994. The molecular weight excluding hydrogens is 230 g/mol. The third kappa shape index (κ3) is 1.89. The van der Waals surface area contributed by atoms with Crippen molar-refractivity contribution in [3.8, 4) is 5.69 Å². The molecule has 0 bridgehead atoms. The van der Waals surface area contributed by atoms with Gasteiger partial charge in [0, 0.05) is 0 Å². The Balaban J connectivity index is 2.52. The van der Waals surface area contributed by atoms with E-state index in [0.29, 0.717) is 4.68 Å². The van der Waals surface area contributed by atoms with E-state index in [-0.39, 0.29) is 11.3 Å². The number of ether oxygens (including phenoxy) is 1. The third-order valence-electron chi connectivity index (χ3n) is 2.20. The van der Waals surface area contributed by atoms with Crippen LogP contribution in [0.3, 0.4) is 0 Å². The molecule has 88 valence electrons. The number of nitrogens with zero attached hydrogens (tertiary/aromatic N) is 2. The molecule has 0 radical (unpaired) electrons. The second-order valence-electron chi connectivity index (χ2n) is 3.20. The monoisotopic (exact) mass is 238 g/mol. The molecule has 0 atom stereocenters. The number of hydrogen-bond donors (Lipinski definition) is 0. The predicted molar refractivity (Wildman–Crippen MR) is 54.8 cm³/mol. The number of methoxy groups -OCH3 is 1. The zero-order valence-electron chi connectivity index (χ0n) is 8.85. The highest BCUT2D eigenvalue weighted by Gasteiger charge is 2.20. The van der Waals surface area contributed by atoms with Gasteiger partial charge in [0.05, 0.1) is 13.3 Å². The lowest BCUT2D eigenvalue weighted by molar-refractivity contribution is 0.0595. The minimum atomic E-state index is -0.957. The largest absolute Gasteiger partial charge is 0.465 e. The number of rotatable bonds is 2. The minimum absolute atomic E-state index is 0.0693. The summed E-state index contributed by atoms with van der Waals surface area (Å²) in [5, 5.41) is 3.62. The van der Waals surface area contributed by atoms with Gasteiger partial charge in [-0.1, -0.05) is 12.1 Å². The van der Waals surface area contributed by atoms with Crippen molar-refractivity contribution in [2.24, 2.45) is 0 Å². The van der Waals surface area contributed by atoms with Crippen molar-refractivity contribution in [1.29, 1.82) is 0 Å². The Morgan fingerprint density at radius 3 is 2.71 bits per heavy atom. The molecule has 1 aromatic carbocycles. The summed E-state index contributed by atoms with van der Waals surface area (Å²) in [6, 6.07) is 5.54. The van der Waals surface area contributed by atoms with E-state index in [1.54, 1.807) is 0 Å². The van der Waals surface area contributed by atoms with Crippen LogP contribution in [0.25, 0.3) is 5.69 Å². The van der Waals surface area contributed by atoms with E-state index < -0.39 is 17.7 Å². The molecule has 0 aliphatic heterocycles. The van der Waals surface area contributed by atoms with Crippen LogP contribution in [-0.2, 0) is 4.74 Å². The number of halogens is 2. The summed E-state index contributed by atoms with van der Waals surface area (Å²) >= 11 is 0. The van der Waals surface area contributed by atoms with Gasteiger partial charge in [0.25, 0.3) is 0 Å². The quantitative estimate of drug-likeness (QED) is 0.751. The van der Waals surface area contributed by atoms with Gasteiger partial charge in [0.15, 0.2) is 0 Å². The molecule has 0 spiro atoms. The van der Waals surface area contributed by atoms with Crippen LogP contribution in [-0.4, -0.2) is 22.9 Å². The van der Waals surface area contributed by atoms with Crippen molar-refractivity contribution in [2.75, 3.05) is 7.11 Å². The first-order chi connectivity index (χ1) is 8.15. The number of carbonyl (C=O) groups excluding carboxylic acids is 1. The molecular formula is C11H8F2N2O2. The van der Waals surface area contributed by atoms with E-state index in [0.717, 1.165) is 13.3 Å². The molecule has 0 unspecified atom stereocenters. The maximum atomic E-state index is 13.8. The van der Waals surface area contributed by atoms with Crippen LogP contribution in [0.4, 0.5) is 8.78 Å². The van der Waals surface area contributed by atoms with Crippen molar-refractivity contribution in [2.45, 2.75) is 0 Å². The second-order valence-corrected chi connectivity index (χ2v) is 3.20. The molecule has 2 rings (SSSR count). The fraction of sp³-hybridized carbons (Fsp3) is 0.0909. The fourth-order valence-corrected chi connectivity index (χ4v) is 1.37. The molecule has 0 aliphatic rings. The summed E-state index contributed by atoms with van der Waals surface area (Å²) in [6.45, 7) is 0. The van der Waals surface area contributed by atoms with Crippen molar-refractivity contribution in [3.63, 3.8) is 0 Å². The van der Waals surface area contributed by atoms with Crippen molar-refractivity contribution < 1.29 is 18.3 Å². The van der Waals surface area contributed by atoms with Crippen molar-refractivity contribution >= 4 is 5.97 Å². The molecule has 17 heavy (non-hydrogen) atoms. The SMILES string of the molecule is COC(=O)c1cnn(-c2ccccc2F)c1F. The number of para-hydroxylation sites is 1. The molecule has 0 saturated heterocycles. The highest BCUT2D eigenvalue weighted by Crippen LogP contribution is 2.16. The zero-order chi connectivity index (χ0) is 12.4. The summed E-state index contributed by atoms with van der Waals surface area (Å²) in [7, 11) is 1.13. The van der Waals surface area contributed by atoms with Gasteiger partial charge in [0.2, 0.25) is 5.95 Å². The Bertz CT molecular complexity index is 566. The Labute approximate surface area is 95.4 Å². The van der Waals surface area contributed by atoms with Crippen LogP contribution in [0, 0.1) is 11.8 Å². The smallest absolute Gasteiger partial charge is 0.344 e. The molecule has 4 nitrogen and oxygen atoms in total. The average molecular weight is 238 g/mol. The van der Waals surface area contributed by atoms with Gasteiger partial charge < -0.3 is 4.74 Å². The topological polar surface area (TPSA) is 44.1 Å². The first-order valence-corrected chi connectivity index (χ1v) is 4.72. The summed E-state index contributed by atoms with van der Waals surface area (Å²) < 4.78 is 32.3. The zero-order valence-corrected chi connectivity index (χ0v) is 8.85. The molecule has 0 aliphatic carbocycles. The van der Waals surface area contributed by atoms with Gasteiger partial charge in [-0.15, -0.1) is 0 Å². The van der Waals surface area contributed by atoms with Crippen LogP contribution in [0.2, 0.25) is 0 Å². The summed E-state index contributed by atoms with van der Waals surface area (Å²) in [5.41, 5.74) is -0.407.